The van der Waals surface area contributed by atoms with Gasteiger partial charge < -0.3 is 10.4 Å². The van der Waals surface area contributed by atoms with Gasteiger partial charge in [0.1, 0.15) is 0 Å². The first-order valence-corrected chi connectivity index (χ1v) is 5.67. The van der Waals surface area contributed by atoms with Crippen LogP contribution in [-0.2, 0) is 0 Å². The summed E-state index contributed by atoms with van der Waals surface area (Å²) in [5, 5.41) is 12.7. The second kappa shape index (κ2) is 3.97. The van der Waals surface area contributed by atoms with Crippen molar-refractivity contribution in [1.82, 2.24) is 5.32 Å². The average Bonchev–Trinajstić information content (AvgIpc) is 2.64. The molecule has 0 heterocycles. The van der Waals surface area contributed by atoms with Gasteiger partial charge in [-0.1, -0.05) is 6.42 Å². The molecule has 0 aromatic rings. The topological polar surface area (TPSA) is 32.3 Å². The number of hydrogen-bond acceptors (Lipinski definition) is 2. The van der Waals surface area contributed by atoms with E-state index in [0.717, 1.165) is 30.8 Å². The molecule has 2 aliphatic rings. The van der Waals surface area contributed by atoms with E-state index in [0.29, 0.717) is 0 Å². The Morgan fingerprint density at radius 1 is 1.38 bits per heavy atom. The average molecular weight is 183 g/mol. The highest BCUT2D eigenvalue weighted by atomic mass is 16.3. The Morgan fingerprint density at radius 3 is 2.77 bits per heavy atom. The Morgan fingerprint density at radius 2 is 2.23 bits per heavy atom. The fourth-order valence-electron chi connectivity index (χ4n) is 2.97. The molecule has 2 N–H and O–H groups in total. The summed E-state index contributed by atoms with van der Waals surface area (Å²) in [5.74, 6) is 1.98. The van der Waals surface area contributed by atoms with Crippen molar-refractivity contribution in [2.24, 2.45) is 11.8 Å². The minimum Gasteiger partial charge on any atom is -0.393 e. The highest BCUT2D eigenvalue weighted by Gasteiger charge is 2.38. The molecule has 0 amide bonds. The van der Waals surface area contributed by atoms with E-state index in [9.17, 15) is 0 Å². The molecule has 2 fully saturated rings. The summed E-state index contributed by atoms with van der Waals surface area (Å²) >= 11 is 0. The molecule has 2 heteroatoms. The van der Waals surface area contributed by atoms with Crippen molar-refractivity contribution in [3.05, 3.63) is 0 Å². The molecule has 0 saturated heterocycles. The zero-order valence-electron chi connectivity index (χ0n) is 8.50. The third-order valence-corrected chi connectivity index (χ3v) is 3.71. The van der Waals surface area contributed by atoms with E-state index < -0.39 is 0 Å². The highest BCUT2D eigenvalue weighted by Crippen LogP contribution is 2.44. The third-order valence-electron chi connectivity index (χ3n) is 3.71. The van der Waals surface area contributed by atoms with E-state index in [1.807, 2.05) is 6.92 Å². The zero-order valence-corrected chi connectivity index (χ0v) is 8.50. The quantitative estimate of drug-likeness (QED) is 0.693. The molecule has 0 spiro atoms. The fraction of sp³-hybridized carbons (Fsp3) is 1.00. The van der Waals surface area contributed by atoms with E-state index in [1.165, 1.54) is 25.7 Å². The van der Waals surface area contributed by atoms with Crippen LogP contribution < -0.4 is 5.32 Å². The maximum atomic E-state index is 9.12. The lowest BCUT2D eigenvalue weighted by Gasteiger charge is -2.23. The van der Waals surface area contributed by atoms with Crippen LogP contribution in [0.1, 0.15) is 39.0 Å². The lowest BCUT2D eigenvalue weighted by atomic mass is 9.95. The molecule has 76 valence electrons. The summed E-state index contributed by atoms with van der Waals surface area (Å²) in [5.41, 5.74) is 0. The van der Waals surface area contributed by atoms with Gasteiger partial charge in [0.15, 0.2) is 0 Å². The molecule has 0 aromatic carbocycles. The van der Waals surface area contributed by atoms with Gasteiger partial charge in [0, 0.05) is 6.04 Å². The lowest BCUT2D eigenvalue weighted by Crippen LogP contribution is -2.35. The van der Waals surface area contributed by atoms with Crippen molar-refractivity contribution in [2.45, 2.75) is 51.2 Å². The second-order valence-electron chi connectivity index (χ2n) is 4.87. The molecule has 0 radical (unpaired) electrons. The highest BCUT2D eigenvalue weighted by molar-refractivity contribution is 4.93. The van der Waals surface area contributed by atoms with Crippen LogP contribution in [0.5, 0.6) is 0 Å². The van der Waals surface area contributed by atoms with Gasteiger partial charge in [0.2, 0.25) is 0 Å². The van der Waals surface area contributed by atoms with Gasteiger partial charge >= 0.3 is 0 Å². The minimum atomic E-state index is -0.147. The Kier molecular flexibility index (Phi) is 2.89. The zero-order chi connectivity index (χ0) is 9.26. The molecule has 0 aromatic heterocycles. The molecular formula is C11H21NO. The van der Waals surface area contributed by atoms with Crippen LogP contribution in [-0.4, -0.2) is 23.8 Å². The van der Waals surface area contributed by atoms with Crippen LogP contribution in [0.4, 0.5) is 0 Å². The summed E-state index contributed by atoms with van der Waals surface area (Å²) in [7, 11) is 0. The van der Waals surface area contributed by atoms with Gasteiger partial charge in [-0.2, -0.15) is 0 Å². The first-order chi connectivity index (χ1) is 6.25. The lowest BCUT2D eigenvalue weighted by molar-refractivity contribution is 0.180. The maximum Gasteiger partial charge on any atom is 0.0524 e. The normalized spacial score (nSPS) is 39.7. The van der Waals surface area contributed by atoms with Crippen molar-refractivity contribution in [2.75, 3.05) is 6.54 Å². The SMILES string of the molecule is C[C@@H](O)CCN[C@H]1C[C@@H]2CC[C@@H]1C2. The number of nitrogens with one attached hydrogen (secondary N) is 1. The summed E-state index contributed by atoms with van der Waals surface area (Å²) in [6.45, 7) is 2.86. The predicted molar refractivity (Wildman–Crippen MR) is 53.5 cm³/mol. The second-order valence-corrected chi connectivity index (χ2v) is 4.87. The van der Waals surface area contributed by atoms with Crippen LogP contribution in [0.3, 0.4) is 0 Å². The molecule has 2 bridgehead atoms. The smallest absolute Gasteiger partial charge is 0.0524 e. The third kappa shape index (κ3) is 2.23. The largest absolute Gasteiger partial charge is 0.393 e. The number of hydrogen-bond donors (Lipinski definition) is 2. The first-order valence-electron chi connectivity index (χ1n) is 5.67. The summed E-state index contributed by atoms with van der Waals surface area (Å²) in [6, 6.07) is 0.775. The van der Waals surface area contributed by atoms with Gasteiger partial charge in [-0.05, 0) is 51.0 Å². The van der Waals surface area contributed by atoms with Crippen molar-refractivity contribution in [3.63, 3.8) is 0 Å². The number of rotatable bonds is 4. The Bertz CT molecular complexity index is 169. The van der Waals surface area contributed by atoms with Gasteiger partial charge in [0.25, 0.3) is 0 Å². The fourth-order valence-corrected chi connectivity index (χ4v) is 2.97. The van der Waals surface area contributed by atoms with Crippen LogP contribution in [0, 0.1) is 11.8 Å². The summed E-state index contributed by atoms with van der Waals surface area (Å²) in [4.78, 5) is 0. The molecule has 0 unspecified atom stereocenters. The number of aliphatic hydroxyl groups excluding tert-OH is 1. The van der Waals surface area contributed by atoms with Crippen LogP contribution >= 0.6 is 0 Å². The molecular weight excluding hydrogens is 162 g/mol. The Hall–Kier alpha value is -0.0800. The molecule has 2 nitrogen and oxygen atoms in total. The molecule has 0 aliphatic heterocycles. The van der Waals surface area contributed by atoms with Crippen LogP contribution in [0.15, 0.2) is 0 Å². The number of fused-ring (bicyclic) bond motifs is 2. The van der Waals surface area contributed by atoms with Gasteiger partial charge in [-0.3, -0.25) is 0 Å². The van der Waals surface area contributed by atoms with Crippen molar-refractivity contribution in [1.29, 1.82) is 0 Å². The van der Waals surface area contributed by atoms with E-state index in [-0.39, 0.29) is 6.10 Å². The molecule has 2 saturated carbocycles. The number of aliphatic hydroxyl groups is 1. The molecule has 2 aliphatic carbocycles. The predicted octanol–water partition coefficient (Wildman–Crippen LogP) is 1.54. The Labute approximate surface area is 80.7 Å². The molecule has 4 atom stereocenters. The van der Waals surface area contributed by atoms with Gasteiger partial charge in [-0.15, -0.1) is 0 Å². The Balaban J connectivity index is 1.66. The maximum absolute atomic E-state index is 9.12. The van der Waals surface area contributed by atoms with Crippen molar-refractivity contribution < 1.29 is 5.11 Å². The van der Waals surface area contributed by atoms with E-state index in [2.05, 4.69) is 5.32 Å². The van der Waals surface area contributed by atoms with Crippen LogP contribution in [0.25, 0.3) is 0 Å². The van der Waals surface area contributed by atoms with Gasteiger partial charge in [0.05, 0.1) is 6.10 Å². The van der Waals surface area contributed by atoms with Crippen LogP contribution in [0.2, 0.25) is 0 Å². The standard InChI is InChI=1S/C11H21NO/c1-8(13)4-5-12-11-7-9-2-3-10(11)6-9/h8-13H,2-7H2,1H3/t8-,9-,10-,11+/m1/s1. The van der Waals surface area contributed by atoms with E-state index >= 15 is 0 Å². The minimum absolute atomic E-state index is 0.147. The molecule has 2 rings (SSSR count). The van der Waals surface area contributed by atoms with Crippen molar-refractivity contribution in [3.8, 4) is 0 Å². The van der Waals surface area contributed by atoms with E-state index in [1.54, 1.807) is 0 Å². The summed E-state index contributed by atoms with van der Waals surface area (Å²) in [6.07, 6.45) is 6.52. The monoisotopic (exact) mass is 183 g/mol. The van der Waals surface area contributed by atoms with Gasteiger partial charge in [-0.25, -0.2) is 0 Å². The first kappa shape index (κ1) is 9.47. The summed E-state index contributed by atoms with van der Waals surface area (Å²) < 4.78 is 0. The molecule has 13 heavy (non-hydrogen) atoms. The van der Waals surface area contributed by atoms with E-state index in [4.69, 9.17) is 5.11 Å². The van der Waals surface area contributed by atoms with Crippen molar-refractivity contribution >= 4 is 0 Å².